The summed E-state index contributed by atoms with van der Waals surface area (Å²) in [7, 11) is -3.19. The number of aromatic nitrogens is 1. The van der Waals surface area contributed by atoms with Gasteiger partial charge in [-0.15, -0.1) is 0 Å². The summed E-state index contributed by atoms with van der Waals surface area (Å²) in [5.74, 6) is 0. The molecule has 0 unspecified atom stereocenters. The second-order valence-corrected chi connectivity index (χ2v) is 21.7. The van der Waals surface area contributed by atoms with Gasteiger partial charge in [0.15, 0.2) is 8.24 Å². The average molecular weight is 380 g/mol. The molecule has 0 saturated carbocycles. The number of rotatable bonds is 8. The van der Waals surface area contributed by atoms with Crippen LogP contribution in [0.5, 0.6) is 0 Å². The molecule has 0 bridgehead atoms. The first-order valence-corrected chi connectivity index (χ1v) is 15.0. The van der Waals surface area contributed by atoms with Crippen molar-refractivity contribution in [2.45, 2.75) is 116 Å². The van der Waals surface area contributed by atoms with Gasteiger partial charge in [0.2, 0.25) is 0 Å². The molecule has 0 fully saturated rings. The minimum atomic E-state index is -1.63. The van der Waals surface area contributed by atoms with Crippen molar-refractivity contribution < 1.29 is 0 Å². The normalized spacial score (nSPS) is 14.2. The molecule has 0 amide bonds. The Labute approximate surface area is 160 Å². The molecule has 0 atom stereocenters. The highest BCUT2D eigenvalue weighted by Crippen LogP contribution is 2.44. The lowest BCUT2D eigenvalue weighted by atomic mass is 10.5. The van der Waals surface area contributed by atoms with E-state index in [1.165, 1.54) is 0 Å². The summed E-state index contributed by atoms with van der Waals surface area (Å²) in [5.41, 5.74) is 4.58. The van der Waals surface area contributed by atoms with Gasteiger partial charge in [0.25, 0.3) is 0 Å². The van der Waals surface area contributed by atoms with Crippen LogP contribution in [0.3, 0.4) is 0 Å². The van der Waals surface area contributed by atoms with Crippen LogP contribution in [0.25, 0.3) is 0 Å². The van der Waals surface area contributed by atoms with Gasteiger partial charge in [0.1, 0.15) is 0 Å². The fraction of sp³-hybridized carbons (Fsp3) is 0.818. The molecular weight excluding hydrogens is 334 g/mol. The van der Waals surface area contributed by atoms with Gasteiger partial charge in [-0.3, -0.25) is 0 Å². The van der Waals surface area contributed by atoms with Crippen LogP contribution in [0.4, 0.5) is 0 Å². The first kappa shape index (κ1) is 22.8. The zero-order valence-corrected chi connectivity index (χ0v) is 21.1. The van der Waals surface area contributed by atoms with Gasteiger partial charge in [-0.05, 0) is 56.9 Å². The topological polar surface area (TPSA) is 4.93 Å². The quantitative estimate of drug-likeness (QED) is 0.415. The molecule has 1 aromatic rings. The summed E-state index contributed by atoms with van der Waals surface area (Å²) < 4.78 is 2.75. The Hall–Kier alpha value is -0.286. The van der Waals surface area contributed by atoms with Crippen LogP contribution < -0.4 is 5.19 Å². The summed E-state index contributed by atoms with van der Waals surface area (Å²) in [5, 5.41) is 1.70. The molecule has 1 nitrogen and oxygen atoms in total. The summed E-state index contributed by atoms with van der Waals surface area (Å²) in [4.78, 5) is 0. The highest BCUT2D eigenvalue weighted by molar-refractivity contribution is 6.95. The number of nitrogens with zero attached hydrogens (tertiary/aromatic N) is 1. The zero-order chi connectivity index (χ0) is 19.7. The molecule has 1 rings (SSSR count). The molecule has 0 aliphatic carbocycles. The lowest BCUT2D eigenvalue weighted by Crippen LogP contribution is -2.56. The van der Waals surface area contributed by atoms with E-state index in [0.29, 0.717) is 0 Å². The van der Waals surface area contributed by atoms with Gasteiger partial charge in [-0.2, -0.15) is 0 Å². The second-order valence-electron chi connectivity index (χ2n) is 10.1. The summed E-state index contributed by atoms with van der Waals surface area (Å²) in [6.07, 6.45) is 5.09. The van der Waals surface area contributed by atoms with E-state index in [1.54, 1.807) is 5.19 Å². The van der Waals surface area contributed by atoms with Crippen molar-refractivity contribution in [1.82, 2.24) is 4.23 Å². The van der Waals surface area contributed by atoms with Gasteiger partial charge in [0, 0.05) is 0 Å². The van der Waals surface area contributed by atoms with Crippen LogP contribution in [0.1, 0.15) is 83.1 Å². The molecule has 0 aliphatic rings. The highest BCUT2D eigenvalue weighted by atomic mass is 28.3. The van der Waals surface area contributed by atoms with Crippen molar-refractivity contribution in [2.24, 2.45) is 0 Å². The average Bonchev–Trinajstić information content (AvgIpc) is 2.87. The van der Waals surface area contributed by atoms with E-state index >= 15 is 0 Å². The van der Waals surface area contributed by atoms with Crippen molar-refractivity contribution in [3.8, 4) is 0 Å². The van der Waals surface area contributed by atoms with E-state index in [2.05, 4.69) is 106 Å². The maximum atomic E-state index is 2.75. The molecule has 0 aromatic carbocycles. The highest BCUT2D eigenvalue weighted by Gasteiger charge is 2.48. The Morgan fingerprint density at radius 1 is 0.600 bits per heavy atom. The van der Waals surface area contributed by atoms with Crippen LogP contribution in [0, 0.1) is 0 Å². The Bertz CT molecular complexity index is 448. The van der Waals surface area contributed by atoms with Crippen LogP contribution >= 0.6 is 0 Å². The number of hydrogen-bond donors (Lipinski definition) is 0. The van der Waals surface area contributed by atoms with Crippen molar-refractivity contribution >= 4 is 21.5 Å². The molecule has 1 aromatic heterocycles. The standard InChI is InChI=1S/C22H45NSi2/c1-16(2)24(17(3)4,18(5)6)22-13-14-23(15-22)25(19(7)8,20(9)10)21(11)12/h13-21H,1-12H3. The van der Waals surface area contributed by atoms with Crippen molar-refractivity contribution in [1.29, 1.82) is 0 Å². The first-order chi connectivity index (χ1) is 11.4. The summed E-state index contributed by atoms with van der Waals surface area (Å²) in [6, 6.07) is 2.51. The minimum absolute atomic E-state index is 0.751. The maximum absolute atomic E-state index is 2.75. The molecule has 0 spiro atoms. The third-order valence-electron chi connectivity index (χ3n) is 7.28. The van der Waals surface area contributed by atoms with Gasteiger partial charge >= 0.3 is 0 Å². The molecule has 3 heteroatoms. The largest absolute Gasteiger partial charge is 0.380 e. The van der Waals surface area contributed by atoms with E-state index < -0.39 is 16.3 Å². The van der Waals surface area contributed by atoms with E-state index in [4.69, 9.17) is 0 Å². The summed E-state index contributed by atoms with van der Waals surface area (Å²) in [6.45, 7) is 29.6. The fourth-order valence-electron chi connectivity index (χ4n) is 6.79. The Morgan fingerprint density at radius 3 is 1.24 bits per heavy atom. The minimum Gasteiger partial charge on any atom is -0.380 e. The maximum Gasteiger partial charge on any atom is 0.168 e. The smallest absolute Gasteiger partial charge is 0.168 e. The predicted molar refractivity (Wildman–Crippen MR) is 122 cm³/mol. The van der Waals surface area contributed by atoms with Crippen LogP contribution in [0.15, 0.2) is 18.5 Å². The predicted octanol–water partition coefficient (Wildman–Crippen LogP) is 7.40. The summed E-state index contributed by atoms with van der Waals surface area (Å²) >= 11 is 0. The van der Waals surface area contributed by atoms with E-state index in [9.17, 15) is 0 Å². The van der Waals surface area contributed by atoms with E-state index in [-0.39, 0.29) is 0 Å². The van der Waals surface area contributed by atoms with Gasteiger partial charge < -0.3 is 4.23 Å². The van der Waals surface area contributed by atoms with Gasteiger partial charge in [-0.25, -0.2) is 0 Å². The third-order valence-corrected chi connectivity index (χ3v) is 21.0. The Kier molecular flexibility index (Phi) is 7.43. The first-order valence-electron chi connectivity index (χ1n) is 10.6. The molecule has 1 heterocycles. The molecular formula is C22H45NSi2. The lowest BCUT2D eigenvalue weighted by molar-refractivity contribution is 0.765. The van der Waals surface area contributed by atoms with Crippen LogP contribution in [-0.2, 0) is 0 Å². The van der Waals surface area contributed by atoms with E-state index in [0.717, 1.165) is 33.2 Å². The van der Waals surface area contributed by atoms with Crippen LogP contribution in [-0.4, -0.2) is 20.5 Å². The van der Waals surface area contributed by atoms with E-state index in [1.807, 2.05) is 0 Å². The zero-order valence-electron chi connectivity index (χ0n) is 19.1. The second kappa shape index (κ2) is 8.16. The van der Waals surface area contributed by atoms with Gasteiger partial charge in [-0.1, -0.05) is 83.1 Å². The molecule has 0 radical (unpaired) electrons. The molecule has 25 heavy (non-hydrogen) atoms. The molecule has 146 valence electrons. The molecule has 0 N–H and O–H groups in total. The monoisotopic (exact) mass is 379 g/mol. The lowest BCUT2D eigenvalue weighted by Gasteiger charge is -2.45. The van der Waals surface area contributed by atoms with Crippen molar-refractivity contribution in [3.05, 3.63) is 18.5 Å². The van der Waals surface area contributed by atoms with Crippen molar-refractivity contribution in [3.63, 3.8) is 0 Å². The van der Waals surface area contributed by atoms with Crippen molar-refractivity contribution in [2.75, 3.05) is 0 Å². The molecule has 0 saturated heterocycles. The number of hydrogen-bond acceptors (Lipinski definition) is 0. The van der Waals surface area contributed by atoms with Gasteiger partial charge in [0.05, 0.1) is 8.07 Å². The third kappa shape index (κ3) is 3.48. The fourth-order valence-corrected chi connectivity index (χ4v) is 20.1. The SMILES string of the molecule is CC(C)[Si](c1ccn([Si](C(C)C)(C(C)C)C(C)C)c1)(C(C)C)C(C)C. The van der Waals surface area contributed by atoms with Crippen LogP contribution in [0.2, 0.25) is 33.2 Å². The molecule has 0 aliphatic heterocycles. The Morgan fingerprint density at radius 2 is 0.960 bits per heavy atom. The Balaban J connectivity index is 3.64.